The molecule has 0 atom stereocenters. The fraction of sp³-hybridized carbons (Fsp3) is 0.500. The second-order valence-electron chi connectivity index (χ2n) is 9.15. The van der Waals surface area contributed by atoms with Crippen molar-refractivity contribution >= 4 is 17.7 Å². The summed E-state index contributed by atoms with van der Waals surface area (Å²) in [4.78, 5) is 38.1. The maximum absolute atomic E-state index is 12.1. The number of carbonyl (C=O) groups is 1. The van der Waals surface area contributed by atoms with Gasteiger partial charge in [-0.3, -0.25) is 10.1 Å². The first kappa shape index (κ1) is 23.6. The van der Waals surface area contributed by atoms with Gasteiger partial charge in [-0.1, -0.05) is 26.0 Å². The molecule has 0 spiro atoms. The molecular weight excluding hydrogens is 438 g/mol. The Labute approximate surface area is 197 Å². The number of hydrogen-bond donors (Lipinski definition) is 1. The SMILES string of the molecule is CC(C)(C)c1cn(-c2cnc(N3CCN(c4ncc(C(=O)CCCOO)cn4)CC3)nc2)nn1. The van der Waals surface area contributed by atoms with Crippen LogP contribution in [0.3, 0.4) is 0 Å². The molecule has 0 amide bonds. The van der Waals surface area contributed by atoms with E-state index in [4.69, 9.17) is 5.26 Å². The maximum atomic E-state index is 12.1. The molecule has 0 aliphatic carbocycles. The zero-order valence-electron chi connectivity index (χ0n) is 19.6. The van der Waals surface area contributed by atoms with E-state index in [-0.39, 0.29) is 24.2 Å². The zero-order chi connectivity index (χ0) is 24.1. The summed E-state index contributed by atoms with van der Waals surface area (Å²) in [5.74, 6) is 1.18. The maximum Gasteiger partial charge on any atom is 0.225 e. The van der Waals surface area contributed by atoms with Crippen LogP contribution in [0.4, 0.5) is 11.9 Å². The van der Waals surface area contributed by atoms with Gasteiger partial charge in [0.2, 0.25) is 11.9 Å². The number of piperazine rings is 1. The highest BCUT2D eigenvalue weighted by atomic mass is 17.1. The molecule has 1 aliphatic heterocycles. The highest BCUT2D eigenvalue weighted by Gasteiger charge is 2.22. The van der Waals surface area contributed by atoms with Crippen molar-refractivity contribution in [2.75, 3.05) is 42.6 Å². The van der Waals surface area contributed by atoms with Gasteiger partial charge in [-0.15, -0.1) is 5.10 Å². The van der Waals surface area contributed by atoms with E-state index < -0.39 is 0 Å². The summed E-state index contributed by atoms with van der Waals surface area (Å²) in [5.41, 5.74) is 2.05. The number of rotatable bonds is 8. The van der Waals surface area contributed by atoms with Crippen molar-refractivity contribution in [1.82, 2.24) is 34.9 Å². The molecule has 0 bridgehead atoms. The third-order valence-corrected chi connectivity index (χ3v) is 5.60. The smallest absolute Gasteiger partial charge is 0.225 e. The predicted octanol–water partition coefficient (Wildman–Crippen LogP) is 1.92. The second-order valence-corrected chi connectivity index (χ2v) is 9.15. The largest absolute Gasteiger partial charge is 0.337 e. The fourth-order valence-corrected chi connectivity index (χ4v) is 3.51. The molecule has 0 saturated carbocycles. The summed E-state index contributed by atoms with van der Waals surface area (Å²) in [5, 5.41) is 16.8. The number of anilines is 2. The lowest BCUT2D eigenvalue weighted by atomic mass is 9.93. The minimum Gasteiger partial charge on any atom is -0.337 e. The number of hydrogen-bond acceptors (Lipinski definition) is 11. The molecule has 4 heterocycles. The van der Waals surface area contributed by atoms with Gasteiger partial charge in [0.25, 0.3) is 0 Å². The monoisotopic (exact) mass is 467 g/mol. The molecule has 180 valence electrons. The summed E-state index contributed by atoms with van der Waals surface area (Å²) in [6, 6.07) is 0. The van der Waals surface area contributed by atoms with Crippen LogP contribution in [-0.4, -0.2) is 78.8 Å². The van der Waals surface area contributed by atoms with Crippen LogP contribution in [0.1, 0.15) is 49.7 Å². The lowest BCUT2D eigenvalue weighted by Gasteiger charge is -2.34. The van der Waals surface area contributed by atoms with Crippen LogP contribution in [0, 0.1) is 0 Å². The molecule has 0 radical (unpaired) electrons. The Morgan fingerprint density at radius 2 is 1.53 bits per heavy atom. The molecule has 12 nitrogen and oxygen atoms in total. The van der Waals surface area contributed by atoms with Crippen LogP contribution in [0.5, 0.6) is 0 Å². The predicted molar refractivity (Wildman–Crippen MR) is 124 cm³/mol. The lowest BCUT2D eigenvalue weighted by molar-refractivity contribution is -0.242. The van der Waals surface area contributed by atoms with Crippen molar-refractivity contribution in [2.24, 2.45) is 0 Å². The molecule has 1 saturated heterocycles. The molecule has 0 unspecified atom stereocenters. The summed E-state index contributed by atoms with van der Waals surface area (Å²) < 4.78 is 1.69. The number of Topliss-reactive ketones (excluding diaryl/α,β-unsaturated/α-hetero) is 1. The van der Waals surface area contributed by atoms with E-state index in [1.807, 2.05) is 6.20 Å². The Morgan fingerprint density at radius 3 is 2.03 bits per heavy atom. The van der Waals surface area contributed by atoms with Gasteiger partial charge in [-0.25, -0.2) is 29.5 Å². The van der Waals surface area contributed by atoms with Gasteiger partial charge >= 0.3 is 0 Å². The fourth-order valence-electron chi connectivity index (χ4n) is 3.51. The van der Waals surface area contributed by atoms with E-state index in [0.717, 1.165) is 24.5 Å². The quantitative estimate of drug-likeness (QED) is 0.225. The number of nitrogens with zero attached hydrogens (tertiary/aromatic N) is 9. The van der Waals surface area contributed by atoms with Crippen molar-refractivity contribution in [3.8, 4) is 5.69 Å². The zero-order valence-corrected chi connectivity index (χ0v) is 19.6. The third kappa shape index (κ3) is 5.51. The lowest BCUT2D eigenvalue weighted by Crippen LogP contribution is -2.47. The Bertz CT molecular complexity index is 1090. The third-order valence-electron chi connectivity index (χ3n) is 5.60. The number of carbonyl (C=O) groups excluding carboxylic acids is 1. The molecule has 1 fully saturated rings. The van der Waals surface area contributed by atoms with E-state index in [9.17, 15) is 4.79 Å². The minimum absolute atomic E-state index is 0.0745. The molecule has 1 N–H and O–H groups in total. The first-order valence-electron chi connectivity index (χ1n) is 11.2. The van der Waals surface area contributed by atoms with Gasteiger partial charge in [0.1, 0.15) is 5.69 Å². The summed E-state index contributed by atoms with van der Waals surface area (Å²) in [7, 11) is 0. The Kier molecular flexibility index (Phi) is 7.08. The molecule has 12 heteroatoms. The van der Waals surface area contributed by atoms with Crippen LogP contribution in [-0.2, 0) is 10.3 Å². The van der Waals surface area contributed by atoms with E-state index in [0.29, 0.717) is 37.0 Å². The second kappa shape index (κ2) is 10.2. The Hall–Kier alpha value is -3.51. The first-order valence-corrected chi connectivity index (χ1v) is 11.2. The van der Waals surface area contributed by atoms with Crippen molar-refractivity contribution in [2.45, 2.75) is 39.0 Å². The molecular formula is C22H29N9O3. The summed E-state index contributed by atoms with van der Waals surface area (Å²) in [6.07, 6.45) is 9.22. The summed E-state index contributed by atoms with van der Waals surface area (Å²) >= 11 is 0. The topological polar surface area (TPSA) is 135 Å². The normalized spacial score (nSPS) is 14.5. The standard InChI is InChI=1S/C22H29N9O3/c1-22(2,3)19-15-31(28-27-19)17-13-25-21(26-14-17)30-8-6-29(7-9-30)20-23-11-16(12-24-20)18(32)5-4-10-34-33/h11-15,33H,4-10H2,1-3H3. The molecule has 0 aromatic carbocycles. The van der Waals surface area contributed by atoms with Gasteiger partial charge in [-0.2, -0.15) is 0 Å². The highest BCUT2D eigenvalue weighted by molar-refractivity contribution is 5.95. The Balaban J connectivity index is 1.32. The van der Waals surface area contributed by atoms with Crippen LogP contribution in [0.2, 0.25) is 0 Å². The van der Waals surface area contributed by atoms with E-state index in [2.05, 4.69) is 65.7 Å². The van der Waals surface area contributed by atoms with E-state index in [1.54, 1.807) is 29.5 Å². The van der Waals surface area contributed by atoms with Crippen LogP contribution < -0.4 is 9.80 Å². The highest BCUT2D eigenvalue weighted by Crippen LogP contribution is 2.20. The van der Waals surface area contributed by atoms with E-state index in [1.165, 1.54) is 0 Å². The van der Waals surface area contributed by atoms with Crippen molar-refractivity contribution < 1.29 is 14.9 Å². The van der Waals surface area contributed by atoms with Gasteiger partial charge in [0.15, 0.2) is 5.78 Å². The van der Waals surface area contributed by atoms with Gasteiger partial charge in [0, 0.05) is 50.4 Å². The van der Waals surface area contributed by atoms with Crippen LogP contribution in [0.15, 0.2) is 31.0 Å². The van der Waals surface area contributed by atoms with E-state index >= 15 is 0 Å². The molecule has 3 aromatic rings. The van der Waals surface area contributed by atoms with Gasteiger partial charge < -0.3 is 9.80 Å². The number of ketones is 1. The molecule has 3 aromatic heterocycles. The molecule has 1 aliphatic rings. The van der Waals surface area contributed by atoms with Crippen molar-refractivity contribution in [3.05, 3.63) is 42.2 Å². The first-order chi connectivity index (χ1) is 16.3. The minimum atomic E-state index is -0.0754. The average Bonchev–Trinajstić information content (AvgIpc) is 3.36. The van der Waals surface area contributed by atoms with Gasteiger partial charge in [-0.05, 0) is 6.42 Å². The summed E-state index contributed by atoms with van der Waals surface area (Å²) in [6.45, 7) is 9.28. The molecule has 4 rings (SSSR count). The Morgan fingerprint density at radius 1 is 0.971 bits per heavy atom. The van der Waals surface area contributed by atoms with Crippen LogP contribution >= 0.6 is 0 Å². The number of aromatic nitrogens is 7. The average molecular weight is 468 g/mol. The van der Waals surface area contributed by atoms with Crippen LogP contribution in [0.25, 0.3) is 5.69 Å². The van der Waals surface area contributed by atoms with Crippen molar-refractivity contribution in [3.63, 3.8) is 0 Å². The van der Waals surface area contributed by atoms with Gasteiger partial charge in [0.05, 0.1) is 36.5 Å². The molecule has 34 heavy (non-hydrogen) atoms. The van der Waals surface area contributed by atoms with Crippen molar-refractivity contribution in [1.29, 1.82) is 0 Å².